The van der Waals surface area contributed by atoms with Crippen molar-refractivity contribution in [1.29, 1.82) is 0 Å². The highest BCUT2D eigenvalue weighted by Gasteiger charge is 2.15. The molecule has 0 saturated carbocycles. The van der Waals surface area contributed by atoms with Crippen LogP contribution in [0, 0.1) is 0 Å². The van der Waals surface area contributed by atoms with E-state index in [0.717, 1.165) is 0 Å². The molecule has 6 nitrogen and oxygen atoms in total. The SMILES string of the molecule is CCn1cc(Br)c(C(=O)Nc2ccon2)n1. The van der Waals surface area contributed by atoms with E-state index in [2.05, 4.69) is 36.0 Å². The van der Waals surface area contributed by atoms with Crippen LogP contribution < -0.4 is 5.32 Å². The third-order valence-corrected chi connectivity index (χ3v) is 2.52. The summed E-state index contributed by atoms with van der Waals surface area (Å²) in [5.74, 6) is 0.0379. The van der Waals surface area contributed by atoms with Crippen molar-refractivity contribution in [3.63, 3.8) is 0 Å². The first kappa shape index (κ1) is 10.9. The van der Waals surface area contributed by atoms with Gasteiger partial charge in [0.25, 0.3) is 5.91 Å². The van der Waals surface area contributed by atoms with Crippen molar-refractivity contribution < 1.29 is 9.32 Å². The summed E-state index contributed by atoms with van der Waals surface area (Å²) in [7, 11) is 0. The van der Waals surface area contributed by atoms with Crippen molar-refractivity contribution in [2.75, 3.05) is 5.32 Å². The Bertz CT molecular complexity index is 492. The first-order chi connectivity index (χ1) is 7.70. The fourth-order valence-corrected chi connectivity index (χ4v) is 1.66. The molecule has 0 radical (unpaired) electrons. The van der Waals surface area contributed by atoms with Gasteiger partial charge in [-0.25, -0.2) is 0 Å². The minimum atomic E-state index is -0.326. The molecule has 0 unspecified atom stereocenters. The molecule has 0 bridgehead atoms. The third-order valence-electron chi connectivity index (χ3n) is 1.94. The van der Waals surface area contributed by atoms with Gasteiger partial charge in [0.1, 0.15) is 6.26 Å². The zero-order valence-electron chi connectivity index (χ0n) is 8.48. The first-order valence-electron chi connectivity index (χ1n) is 4.65. The number of hydrogen-bond donors (Lipinski definition) is 1. The van der Waals surface area contributed by atoms with Gasteiger partial charge in [0.15, 0.2) is 11.5 Å². The zero-order chi connectivity index (χ0) is 11.5. The molecule has 0 spiro atoms. The Morgan fingerprint density at radius 1 is 1.69 bits per heavy atom. The summed E-state index contributed by atoms with van der Waals surface area (Å²) in [5, 5.41) is 10.3. The quantitative estimate of drug-likeness (QED) is 0.934. The predicted molar refractivity (Wildman–Crippen MR) is 60.1 cm³/mol. The number of carbonyl (C=O) groups is 1. The van der Waals surface area contributed by atoms with Crippen LogP contribution in [-0.4, -0.2) is 20.8 Å². The number of halogens is 1. The molecule has 1 amide bonds. The van der Waals surface area contributed by atoms with Crippen LogP contribution in [0.25, 0.3) is 0 Å². The highest BCUT2D eigenvalue weighted by Crippen LogP contribution is 2.16. The number of carbonyl (C=O) groups excluding carboxylic acids is 1. The van der Waals surface area contributed by atoms with E-state index in [1.165, 1.54) is 6.26 Å². The summed E-state index contributed by atoms with van der Waals surface area (Å²) in [6.07, 6.45) is 3.13. The molecule has 16 heavy (non-hydrogen) atoms. The standard InChI is InChI=1S/C9H9BrN4O2/c1-2-14-5-6(10)8(12-14)9(15)11-7-3-4-16-13-7/h3-5H,2H2,1H3,(H,11,13,15). The van der Waals surface area contributed by atoms with Crippen LogP contribution in [0.1, 0.15) is 17.4 Å². The Morgan fingerprint density at radius 3 is 3.06 bits per heavy atom. The van der Waals surface area contributed by atoms with Crippen molar-refractivity contribution in [3.05, 3.63) is 28.7 Å². The molecule has 2 aromatic rings. The average molecular weight is 285 g/mol. The second-order valence-corrected chi connectivity index (χ2v) is 3.87. The summed E-state index contributed by atoms with van der Waals surface area (Å²) in [6.45, 7) is 2.65. The molecule has 0 aliphatic heterocycles. The summed E-state index contributed by atoms with van der Waals surface area (Å²) in [5.41, 5.74) is 0.324. The topological polar surface area (TPSA) is 73.0 Å². The van der Waals surface area contributed by atoms with Crippen LogP contribution >= 0.6 is 15.9 Å². The van der Waals surface area contributed by atoms with Crippen molar-refractivity contribution in [2.45, 2.75) is 13.5 Å². The van der Waals surface area contributed by atoms with Crippen LogP contribution in [0.4, 0.5) is 5.82 Å². The number of aryl methyl sites for hydroxylation is 1. The van der Waals surface area contributed by atoms with Gasteiger partial charge in [-0.15, -0.1) is 0 Å². The highest BCUT2D eigenvalue weighted by molar-refractivity contribution is 9.10. The summed E-state index contributed by atoms with van der Waals surface area (Å²) < 4.78 is 6.92. The molecular weight excluding hydrogens is 276 g/mol. The molecule has 2 rings (SSSR count). The molecule has 84 valence electrons. The Labute approximate surface area is 99.7 Å². The van der Waals surface area contributed by atoms with Gasteiger partial charge >= 0.3 is 0 Å². The Hall–Kier alpha value is -1.63. The van der Waals surface area contributed by atoms with E-state index in [1.807, 2.05) is 6.92 Å². The fraction of sp³-hybridized carbons (Fsp3) is 0.222. The maximum atomic E-state index is 11.8. The molecular formula is C9H9BrN4O2. The number of amides is 1. The van der Waals surface area contributed by atoms with Crippen LogP contribution in [0.2, 0.25) is 0 Å². The molecule has 1 N–H and O–H groups in total. The second kappa shape index (κ2) is 4.48. The van der Waals surface area contributed by atoms with Gasteiger partial charge < -0.3 is 9.84 Å². The van der Waals surface area contributed by atoms with Crippen molar-refractivity contribution in [2.24, 2.45) is 0 Å². The predicted octanol–water partition coefficient (Wildman–Crippen LogP) is 1.91. The lowest BCUT2D eigenvalue weighted by molar-refractivity contribution is 0.102. The van der Waals surface area contributed by atoms with E-state index in [1.54, 1.807) is 16.9 Å². The Morgan fingerprint density at radius 2 is 2.50 bits per heavy atom. The van der Waals surface area contributed by atoms with E-state index >= 15 is 0 Å². The molecule has 0 aliphatic rings. The van der Waals surface area contributed by atoms with Gasteiger partial charge in [-0.05, 0) is 22.9 Å². The van der Waals surface area contributed by atoms with E-state index in [0.29, 0.717) is 22.5 Å². The molecule has 2 heterocycles. The van der Waals surface area contributed by atoms with Gasteiger partial charge in [0.05, 0.1) is 4.47 Å². The number of hydrogen-bond acceptors (Lipinski definition) is 4. The number of rotatable bonds is 3. The van der Waals surface area contributed by atoms with Crippen LogP contribution in [-0.2, 0) is 6.54 Å². The molecule has 0 fully saturated rings. The van der Waals surface area contributed by atoms with E-state index in [9.17, 15) is 4.79 Å². The number of nitrogens with zero attached hydrogens (tertiary/aromatic N) is 3. The molecule has 2 aromatic heterocycles. The van der Waals surface area contributed by atoms with E-state index in [-0.39, 0.29) is 5.91 Å². The lowest BCUT2D eigenvalue weighted by atomic mass is 10.4. The van der Waals surface area contributed by atoms with Crippen molar-refractivity contribution in [3.8, 4) is 0 Å². The van der Waals surface area contributed by atoms with E-state index < -0.39 is 0 Å². The second-order valence-electron chi connectivity index (χ2n) is 3.02. The van der Waals surface area contributed by atoms with Gasteiger partial charge in [-0.2, -0.15) is 5.10 Å². The van der Waals surface area contributed by atoms with Gasteiger partial charge in [-0.1, -0.05) is 5.16 Å². The third kappa shape index (κ3) is 2.13. The molecule has 7 heteroatoms. The maximum Gasteiger partial charge on any atom is 0.278 e. The Balaban J connectivity index is 2.17. The smallest absolute Gasteiger partial charge is 0.278 e. The number of nitrogens with one attached hydrogen (secondary N) is 1. The maximum absolute atomic E-state index is 11.8. The Kier molecular flexibility index (Phi) is 3.04. The lowest BCUT2D eigenvalue weighted by Gasteiger charge is -1.97. The monoisotopic (exact) mass is 284 g/mol. The van der Waals surface area contributed by atoms with Gasteiger partial charge in [0.2, 0.25) is 0 Å². The minimum Gasteiger partial charge on any atom is -0.363 e. The van der Waals surface area contributed by atoms with Gasteiger partial charge in [-0.3, -0.25) is 9.48 Å². The highest BCUT2D eigenvalue weighted by atomic mass is 79.9. The van der Waals surface area contributed by atoms with Crippen molar-refractivity contribution >= 4 is 27.7 Å². The first-order valence-corrected chi connectivity index (χ1v) is 5.44. The normalized spacial score (nSPS) is 10.4. The molecule has 0 atom stereocenters. The number of aromatic nitrogens is 3. The van der Waals surface area contributed by atoms with Crippen LogP contribution in [0.15, 0.2) is 27.5 Å². The average Bonchev–Trinajstić information content (AvgIpc) is 2.87. The van der Waals surface area contributed by atoms with Crippen LogP contribution in [0.5, 0.6) is 0 Å². The van der Waals surface area contributed by atoms with Gasteiger partial charge in [0, 0.05) is 18.8 Å². The fourth-order valence-electron chi connectivity index (χ4n) is 1.17. The largest absolute Gasteiger partial charge is 0.363 e. The molecule has 0 aromatic carbocycles. The minimum absolute atomic E-state index is 0.324. The zero-order valence-corrected chi connectivity index (χ0v) is 10.1. The summed E-state index contributed by atoms with van der Waals surface area (Å²) in [4.78, 5) is 11.8. The summed E-state index contributed by atoms with van der Waals surface area (Å²) >= 11 is 3.27. The van der Waals surface area contributed by atoms with Crippen LogP contribution in [0.3, 0.4) is 0 Å². The van der Waals surface area contributed by atoms with Crippen molar-refractivity contribution in [1.82, 2.24) is 14.9 Å². The molecule has 0 saturated heterocycles. The summed E-state index contributed by atoms with van der Waals surface area (Å²) in [6, 6.07) is 1.56. The number of anilines is 1. The molecule has 0 aliphatic carbocycles. The van der Waals surface area contributed by atoms with E-state index in [4.69, 9.17) is 0 Å². The lowest BCUT2D eigenvalue weighted by Crippen LogP contribution is -2.14.